The molecular weight excluding hydrogens is 250 g/mol. The molecule has 1 saturated heterocycles. The van der Waals surface area contributed by atoms with Crippen LogP contribution >= 0.6 is 0 Å². The van der Waals surface area contributed by atoms with Gasteiger partial charge in [0.2, 0.25) is 11.7 Å². The lowest BCUT2D eigenvalue weighted by atomic mass is 10.1. The van der Waals surface area contributed by atoms with Crippen molar-refractivity contribution < 1.29 is 23.8 Å². The number of carbonyl (C=O) groups is 2. The fourth-order valence-corrected chi connectivity index (χ4v) is 2.03. The van der Waals surface area contributed by atoms with Crippen molar-refractivity contribution in [2.75, 3.05) is 6.61 Å². The van der Waals surface area contributed by atoms with Gasteiger partial charge in [0.1, 0.15) is 5.76 Å². The van der Waals surface area contributed by atoms with Gasteiger partial charge in [0, 0.05) is 13.0 Å². The lowest BCUT2D eigenvalue weighted by Gasteiger charge is -2.08. The molecule has 1 atom stereocenters. The Hall–Kier alpha value is -1.82. The highest BCUT2D eigenvalue weighted by Crippen LogP contribution is 2.16. The minimum absolute atomic E-state index is 0.0798. The molecule has 0 spiro atoms. The first-order chi connectivity index (χ1) is 9.15. The number of rotatable bonds is 6. The van der Waals surface area contributed by atoms with Gasteiger partial charge in [0.15, 0.2) is 0 Å². The van der Waals surface area contributed by atoms with Crippen molar-refractivity contribution in [3.63, 3.8) is 0 Å². The van der Waals surface area contributed by atoms with Crippen LogP contribution in [0.25, 0.3) is 0 Å². The van der Waals surface area contributed by atoms with Crippen LogP contribution in [0.2, 0.25) is 0 Å². The van der Waals surface area contributed by atoms with Gasteiger partial charge < -0.3 is 19.6 Å². The molecule has 2 N–H and O–H groups in total. The maximum absolute atomic E-state index is 11.6. The molecule has 0 saturated carbocycles. The zero-order chi connectivity index (χ0) is 13.7. The van der Waals surface area contributed by atoms with Gasteiger partial charge in [-0.2, -0.15) is 0 Å². The standard InChI is InChI=1S/C13H17NO5/c15-12(6-4-9-2-1-7-18-9)14-8-10-3-5-11(19-10)13(16)17/h3,5,9H,1-2,4,6-8H2,(H,14,15)(H,16,17). The maximum atomic E-state index is 11.6. The average molecular weight is 267 g/mol. The Kier molecular flexibility index (Phi) is 4.57. The Morgan fingerprint density at radius 2 is 2.26 bits per heavy atom. The molecule has 1 amide bonds. The first-order valence-corrected chi connectivity index (χ1v) is 6.35. The Labute approximate surface area is 110 Å². The van der Waals surface area contributed by atoms with E-state index in [9.17, 15) is 9.59 Å². The van der Waals surface area contributed by atoms with E-state index in [-0.39, 0.29) is 24.3 Å². The Bertz CT molecular complexity index is 448. The Balaban J connectivity index is 1.68. The summed E-state index contributed by atoms with van der Waals surface area (Å²) >= 11 is 0. The molecule has 1 fully saturated rings. The van der Waals surface area contributed by atoms with Crippen molar-refractivity contribution in [3.05, 3.63) is 23.7 Å². The minimum atomic E-state index is -1.11. The summed E-state index contributed by atoms with van der Waals surface area (Å²) < 4.78 is 10.5. The van der Waals surface area contributed by atoms with Gasteiger partial charge >= 0.3 is 5.97 Å². The molecule has 2 rings (SSSR count). The molecule has 0 bridgehead atoms. The summed E-state index contributed by atoms with van der Waals surface area (Å²) in [4.78, 5) is 22.2. The Morgan fingerprint density at radius 3 is 2.89 bits per heavy atom. The van der Waals surface area contributed by atoms with Gasteiger partial charge in [-0.25, -0.2) is 4.79 Å². The van der Waals surface area contributed by atoms with E-state index < -0.39 is 5.97 Å². The van der Waals surface area contributed by atoms with Crippen LogP contribution in [-0.4, -0.2) is 29.7 Å². The fourth-order valence-electron chi connectivity index (χ4n) is 2.03. The third kappa shape index (κ3) is 4.10. The van der Waals surface area contributed by atoms with Crippen molar-refractivity contribution in [1.82, 2.24) is 5.32 Å². The summed E-state index contributed by atoms with van der Waals surface area (Å²) in [6.07, 6.45) is 3.43. The molecule has 1 aromatic rings. The van der Waals surface area contributed by atoms with E-state index in [1.54, 1.807) is 6.07 Å². The van der Waals surface area contributed by atoms with Crippen LogP contribution in [-0.2, 0) is 16.1 Å². The molecule has 6 heteroatoms. The second-order valence-corrected chi connectivity index (χ2v) is 4.52. The quantitative estimate of drug-likeness (QED) is 0.816. The number of hydrogen-bond donors (Lipinski definition) is 2. The van der Waals surface area contributed by atoms with Crippen LogP contribution in [0.5, 0.6) is 0 Å². The first-order valence-electron chi connectivity index (χ1n) is 6.35. The number of nitrogens with one attached hydrogen (secondary N) is 1. The molecule has 6 nitrogen and oxygen atoms in total. The van der Waals surface area contributed by atoms with E-state index in [1.807, 2.05) is 0 Å². The monoisotopic (exact) mass is 267 g/mol. The number of carbonyl (C=O) groups excluding carboxylic acids is 1. The second kappa shape index (κ2) is 6.38. The van der Waals surface area contributed by atoms with Crippen LogP contribution in [0.3, 0.4) is 0 Å². The topological polar surface area (TPSA) is 88.8 Å². The summed E-state index contributed by atoms with van der Waals surface area (Å²) in [6, 6.07) is 2.92. The minimum Gasteiger partial charge on any atom is -0.475 e. The van der Waals surface area contributed by atoms with E-state index in [1.165, 1.54) is 6.07 Å². The SMILES string of the molecule is O=C(CCC1CCCO1)NCc1ccc(C(=O)O)o1. The third-order valence-electron chi connectivity index (χ3n) is 3.05. The molecule has 104 valence electrons. The van der Waals surface area contributed by atoms with Crippen LogP contribution in [0.4, 0.5) is 0 Å². The van der Waals surface area contributed by atoms with Crippen LogP contribution < -0.4 is 5.32 Å². The van der Waals surface area contributed by atoms with Crippen molar-refractivity contribution in [2.24, 2.45) is 0 Å². The molecule has 19 heavy (non-hydrogen) atoms. The van der Waals surface area contributed by atoms with Gasteiger partial charge in [0.05, 0.1) is 12.6 Å². The second-order valence-electron chi connectivity index (χ2n) is 4.52. The highest BCUT2D eigenvalue weighted by atomic mass is 16.5. The summed E-state index contributed by atoms with van der Waals surface area (Å²) in [7, 11) is 0. The lowest BCUT2D eigenvalue weighted by molar-refractivity contribution is -0.121. The highest BCUT2D eigenvalue weighted by molar-refractivity contribution is 5.84. The molecule has 0 aromatic carbocycles. The van der Waals surface area contributed by atoms with Gasteiger partial charge in [-0.05, 0) is 31.4 Å². The van der Waals surface area contributed by atoms with E-state index in [4.69, 9.17) is 14.3 Å². The fraction of sp³-hybridized carbons (Fsp3) is 0.538. The number of ether oxygens (including phenoxy) is 1. The number of amides is 1. The Morgan fingerprint density at radius 1 is 1.42 bits per heavy atom. The first kappa shape index (κ1) is 13.6. The van der Waals surface area contributed by atoms with Crippen LogP contribution in [0.15, 0.2) is 16.5 Å². The summed E-state index contributed by atoms with van der Waals surface area (Å²) in [6.45, 7) is 0.994. The number of hydrogen-bond acceptors (Lipinski definition) is 4. The van der Waals surface area contributed by atoms with Gasteiger partial charge in [-0.3, -0.25) is 4.79 Å². The predicted octanol–water partition coefficient (Wildman–Crippen LogP) is 1.55. The average Bonchev–Trinajstić information content (AvgIpc) is 3.05. The molecule has 2 heterocycles. The van der Waals surface area contributed by atoms with E-state index in [0.717, 1.165) is 25.9 Å². The van der Waals surface area contributed by atoms with Gasteiger partial charge in [-0.1, -0.05) is 0 Å². The van der Waals surface area contributed by atoms with Crippen molar-refractivity contribution in [3.8, 4) is 0 Å². The van der Waals surface area contributed by atoms with Crippen molar-refractivity contribution in [1.29, 1.82) is 0 Å². The van der Waals surface area contributed by atoms with Gasteiger partial charge in [0.25, 0.3) is 0 Å². The van der Waals surface area contributed by atoms with Crippen molar-refractivity contribution in [2.45, 2.75) is 38.3 Å². The largest absolute Gasteiger partial charge is 0.475 e. The molecule has 0 aliphatic carbocycles. The normalized spacial score (nSPS) is 18.4. The summed E-state index contributed by atoms with van der Waals surface area (Å²) in [5.74, 6) is -0.883. The predicted molar refractivity (Wildman–Crippen MR) is 65.7 cm³/mol. The third-order valence-corrected chi connectivity index (χ3v) is 3.05. The van der Waals surface area contributed by atoms with E-state index >= 15 is 0 Å². The van der Waals surface area contributed by atoms with Crippen molar-refractivity contribution >= 4 is 11.9 Å². The van der Waals surface area contributed by atoms with Crippen LogP contribution in [0, 0.1) is 0 Å². The maximum Gasteiger partial charge on any atom is 0.371 e. The van der Waals surface area contributed by atoms with Gasteiger partial charge in [-0.15, -0.1) is 0 Å². The highest BCUT2D eigenvalue weighted by Gasteiger charge is 2.16. The molecule has 1 unspecified atom stereocenters. The van der Waals surface area contributed by atoms with Crippen LogP contribution in [0.1, 0.15) is 42.0 Å². The number of carboxylic acids is 1. The molecule has 1 aromatic heterocycles. The molecule has 1 aliphatic heterocycles. The zero-order valence-corrected chi connectivity index (χ0v) is 10.6. The lowest BCUT2D eigenvalue weighted by Crippen LogP contribution is -2.23. The number of aromatic carboxylic acids is 1. The van der Waals surface area contributed by atoms with E-state index in [0.29, 0.717) is 12.2 Å². The zero-order valence-electron chi connectivity index (χ0n) is 10.6. The molecular formula is C13H17NO5. The molecule has 1 aliphatic rings. The summed E-state index contributed by atoms with van der Waals surface area (Å²) in [5.41, 5.74) is 0. The van der Waals surface area contributed by atoms with E-state index in [2.05, 4.69) is 5.32 Å². The molecule has 0 radical (unpaired) electrons. The number of carboxylic acid groups (broad SMARTS) is 1. The summed E-state index contributed by atoms with van der Waals surface area (Å²) in [5, 5.41) is 11.4. The number of furan rings is 1. The smallest absolute Gasteiger partial charge is 0.371 e.